The number of allylic oxidation sites excluding steroid dienone is 3. The third kappa shape index (κ3) is 6.68. The third-order valence-corrected chi connectivity index (χ3v) is 7.40. The Hall–Kier alpha value is -2.39. The molecule has 2 aliphatic rings. The lowest BCUT2D eigenvalue weighted by Crippen LogP contribution is -2.54. The third-order valence-electron chi connectivity index (χ3n) is 7.02. The summed E-state index contributed by atoms with van der Waals surface area (Å²) in [6.45, 7) is 4.03. The van der Waals surface area contributed by atoms with E-state index in [1.54, 1.807) is 25.1 Å². The Morgan fingerprint density at radius 2 is 2.06 bits per heavy atom. The number of carbonyl (C=O) groups is 2. The van der Waals surface area contributed by atoms with Crippen LogP contribution >= 0.6 is 11.6 Å². The molecule has 4 unspecified atom stereocenters. The minimum absolute atomic E-state index is 0.000185. The largest absolute Gasteiger partial charge is 0.495 e. The fourth-order valence-electron chi connectivity index (χ4n) is 4.74. The van der Waals surface area contributed by atoms with Gasteiger partial charge in [-0.1, -0.05) is 42.3 Å². The maximum Gasteiger partial charge on any atom is 0.226 e. The summed E-state index contributed by atoms with van der Waals surface area (Å²) < 4.78 is 16.9. The highest BCUT2D eigenvalue weighted by molar-refractivity contribution is 6.35. The van der Waals surface area contributed by atoms with E-state index in [0.29, 0.717) is 48.6 Å². The van der Waals surface area contributed by atoms with Crippen LogP contribution in [-0.2, 0) is 25.5 Å². The number of hydrogen-bond donors (Lipinski definition) is 2. The van der Waals surface area contributed by atoms with Gasteiger partial charge in [0.05, 0.1) is 25.0 Å². The highest BCUT2D eigenvalue weighted by Crippen LogP contribution is 2.39. The minimum Gasteiger partial charge on any atom is -0.495 e. The lowest BCUT2D eigenvalue weighted by Gasteiger charge is -2.33. The number of amides is 2. The number of fused-ring (bicyclic) bond motifs is 3. The number of nitrogens with zero attached hydrogens (tertiary/aromatic N) is 1. The average Bonchev–Trinajstić information content (AvgIpc) is 3.63. The van der Waals surface area contributed by atoms with E-state index in [-0.39, 0.29) is 30.5 Å². The van der Waals surface area contributed by atoms with E-state index in [1.807, 2.05) is 38.1 Å². The molecule has 1 aromatic rings. The number of anilines is 1. The number of carbonyl (C=O) groups excluding carboxylic acids is 2. The second kappa shape index (κ2) is 12.2. The highest BCUT2D eigenvalue weighted by atomic mass is 35.5. The summed E-state index contributed by atoms with van der Waals surface area (Å²) in [7, 11) is 4.77. The van der Waals surface area contributed by atoms with Crippen molar-refractivity contribution in [3.8, 4) is 5.75 Å². The van der Waals surface area contributed by atoms with E-state index >= 15 is 0 Å². The van der Waals surface area contributed by atoms with Gasteiger partial charge in [0.2, 0.25) is 12.3 Å². The average molecular weight is 521 g/mol. The van der Waals surface area contributed by atoms with Crippen LogP contribution in [-0.4, -0.2) is 62.7 Å². The molecule has 0 aliphatic carbocycles. The summed E-state index contributed by atoms with van der Waals surface area (Å²) >= 11 is 6.57. The molecule has 5 atom stereocenters. The molecule has 1 saturated heterocycles. The first-order chi connectivity index (χ1) is 17.1. The van der Waals surface area contributed by atoms with Crippen molar-refractivity contribution < 1.29 is 28.9 Å². The Labute approximate surface area is 218 Å². The lowest BCUT2D eigenvalue weighted by molar-refractivity contribution is -0.130. The SMILES string of the molecule is COc1cc2cc(c1Cl)N(C)C(=O)CCC1OC1[C@H](C)CCC(O)(NC=O)C(OC)/C=C\C=C(/C)C2. The molecular weight excluding hydrogens is 484 g/mol. The molecule has 2 N–H and O–H groups in total. The van der Waals surface area contributed by atoms with Crippen molar-refractivity contribution in [2.24, 2.45) is 5.92 Å². The van der Waals surface area contributed by atoms with Gasteiger partial charge in [0.1, 0.15) is 16.9 Å². The van der Waals surface area contributed by atoms with Crippen LogP contribution in [0.2, 0.25) is 5.02 Å². The van der Waals surface area contributed by atoms with Crippen molar-refractivity contribution in [1.82, 2.24) is 5.32 Å². The zero-order chi connectivity index (χ0) is 26.5. The van der Waals surface area contributed by atoms with Crippen molar-refractivity contribution in [1.29, 1.82) is 0 Å². The van der Waals surface area contributed by atoms with Gasteiger partial charge in [0.25, 0.3) is 0 Å². The number of rotatable bonds is 4. The zero-order valence-electron chi connectivity index (χ0n) is 21.6. The second-order valence-electron chi connectivity index (χ2n) is 9.70. The Kier molecular flexibility index (Phi) is 9.58. The van der Waals surface area contributed by atoms with Gasteiger partial charge in [0.15, 0.2) is 5.72 Å². The second-order valence-corrected chi connectivity index (χ2v) is 10.1. The van der Waals surface area contributed by atoms with Crippen LogP contribution in [0.1, 0.15) is 45.1 Å². The van der Waals surface area contributed by atoms with Crippen LogP contribution in [0, 0.1) is 5.92 Å². The summed E-state index contributed by atoms with van der Waals surface area (Å²) in [5.74, 6) is 0.574. The summed E-state index contributed by atoms with van der Waals surface area (Å²) in [6.07, 6.45) is 7.58. The van der Waals surface area contributed by atoms with E-state index in [9.17, 15) is 14.7 Å². The van der Waals surface area contributed by atoms with Gasteiger partial charge in [-0.2, -0.15) is 0 Å². The van der Waals surface area contributed by atoms with Gasteiger partial charge in [-0.15, -0.1) is 0 Å². The molecule has 8 nitrogen and oxygen atoms in total. The molecular formula is C27H37ClN2O6. The molecule has 2 amide bonds. The minimum atomic E-state index is -1.56. The molecule has 1 aromatic carbocycles. The van der Waals surface area contributed by atoms with Crippen LogP contribution in [0.25, 0.3) is 0 Å². The fourth-order valence-corrected chi connectivity index (χ4v) is 5.05. The fraction of sp³-hybridized carbons (Fsp3) is 0.556. The predicted octanol–water partition coefficient (Wildman–Crippen LogP) is 3.78. The quantitative estimate of drug-likeness (QED) is 0.356. The summed E-state index contributed by atoms with van der Waals surface area (Å²) in [5.41, 5.74) is 1.00. The normalized spacial score (nSPS) is 32.1. The first-order valence-corrected chi connectivity index (χ1v) is 12.6. The molecule has 2 bridgehead atoms. The monoisotopic (exact) mass is 520 g/mol. The maximum absolute atomic E-state index is 13.0. The van der Waals surface area contributed by atoms with Crippen LogP contribution in [0.3, 0.4) is 0 Å². The standard InChI is InChI=1S/C27H37ClN2O6/c1-17-7-6-8-23(35-5)27(33,29-16-31)12-11-18(2)26-21(36-26)9-10-24(32)30(3)20-14-19(13-17)15-22(34-4)25(20)28/h6-8,14-16,18,21,23,26,33H,9-13H2,1-5H3,(H,29,31)/b8-6-,17-7+/t18-,21?,23?,26?,27?/m1/s1. The van der Waals surface area contributed by atoms with Gasteiger partial charge in [-0.05, 0) is 56.2 Å². The summed E-state index contributed by atoms with van der Waals surface area (Å²) in [6, 6.07) is 3.77. The van der Waals surface area contributed by atoms with E-state index in [4.69, 9.17) is 25.8 Å². The van der Waals surface area contributed by atoms with Crippen molar-refractivity contribution in [2.75, 3.05) is 26.2 Å². The number of halogens is 1. The molecule has 0 spiro atoms. The molecule has 36 heavy (non-hydrogen) atoms. The van der Waals surface area contributed by atoms with Crippen molar-refractivity contribution in [3.05, 3.63) is 46.5 Å². The Morgan fingerprint density at radius 3 is 2.72 bits per heavy atom. The Bertz CT molecular complexity index is 1010. The van der Waals surface area contributed by atoms with Gasteiger partial charge < -0.3 is 29.5 Å². The van der Waals surface area contributed by atoms with E-state index in [0.717, 1.165) is 11.1 Å². The molecule has 1 fully saturated rings. The smallest absolute Gasteiger partial charge is 0.226 e. The molecule has 3 rings (SSSR count). The first-order valence-electron chi connectivity index (χ1n) is 12.2. The lowest BCUT2D eigenvalue weighted by atomic mass is 9.91. The van der Waals surface area contributed by atoms with Crippen molar-refractivity contribution >= 4 is 29.6 Å². The number of hydrogen-bond acceptors (Lipinski definition) is 6. The molecule has 2 aliphatic heterocycles. The molecule has 0 aromatic heterocycles. The number of aliphatic hydroxyl groups is 1. The molecule has 198 valence electrons. The van der Waals surface area contributed by atoms with Crippen molar-refractivity contribution in [3.63, 3.8) is 0 Å². The molecule has 2 heterocycles. The molecule has 9 heteroatoms. The van der Waals surface area contributed by atoms with E-state index < -0.39 is 11.8 Å². The predicted molar refractivity (Wildman–Crippen MR) is 139 cm³/mol. The van der Waals surface area contributed by atoms with Gasteiger partial charge in [-0.3, -0.25) is 9.59 Å². The van der Waals surface area contributed by atoms with Crippen molar-refractivity contribution in [2.45, 2.75) is 70.0 Å². The Morgan fingerprint density at radius 1 is 1.31 bits per heavy atom. The zero-order valence-corrected chi connectivity index (χ0v) is 22.4. The van der Waals surface area contributed by atoms with Crippen LogP contribution < -0.4 is 15.0 Å². The van der Waals surface area contributed by atoms with Crippen LogP contribution in [0.5, 0.6) is 5.75 Å². The number of nitrogens with one attached hydrogen (secondary N) is 1. The Balaban J connectivity index is 1.96. The van der Waals surface area contributed by atoms with Gasteiger partial charge in [-0.25, -0.2) is 0 Å². The summed E-state index contributed by atoms with van der Waals surface area (Å²) in [5, 5.41) is 14.2. The number of benzene rings is 1. The van der Waals surface area contributed by atoms with E-state index in [2.05, 4.69) is 5.32 Å². The number of methoxy groups -OCH3 is 2. The molecule has 0 saturated carbocycles. The van der Waals surface area contributed by atoms with Gasteiger partial charge in [0, 0.05) is 20.6 Å². The number of ether oxygens (including phenoxy) is 3. The van der Waals surface area contributed by atoms with Crippen LogP contribution in [0.4, 0.5) is 5.69 Å². The maximum atomic E-state index is 13.0. The van der Waals surface area contributed by atoms with E-state index in [1.165, 1.54) is 7.11 Å². The number of epoxide rings is 1. The summed E-state index contributed by atoms with van der Waals surface area (Å²) in [4.78, 5) is 25.9. The van der Waals surface area contributed by atoms with Crippen LogP contribution in [0.15, 0.2) is 35.9 Å². The van der Waals surface area contributed by atoms with Gasteiger partial charge >= 0.3 is 0 Å². The topological polar surface area (TPSA) is 101 Å². The highest BCUT2D eigenvalue weighted by Gasteiger charge is 2.44. The first kappa shape index (κ1) is 28.2. The molecule has 0 radical (unpaired) electrons.